The maximum Gasteiger partial charge on any atom is 0.253 e. The number of nitrogens with zero attached hydrogens (tertiary/aromatic N) is 1. The van der Waals surface area contributed by atoms with Crippen LogP contribution in [0.2, 0.25) is 0 Å². The molecule has 0 bridgehead atoms. The van der Waals surface area contributed by atoms with E-state index in [2.05, 4.69) is 6.92 Å². The summed E-state index contributed by atoms with van der Waals surface area (Å²) in [7, 11) is 0. The average molecular weight is 462 g/mol. The lowest BCUT2D eigenvalue weighted by molar-refractivity contribution is -0.0494. The van der Waals surface area contributed by atoms with Gasteiger partial charge in [-0.25, -0.2) is 13.2 Å². The van der Waals surface area contributed by atoms with Crippen molar-refractivity contribution < 1.29 is 22.4 Å². The summed E-state index contributed by atoms with van der Waals surface area (Å²) < 4.78 is 46.3. The van der Waals surface area contributed by atoms with Gasteiger partial charge in [0.25, 0.3) is 11.8 Å². The monoisotopic (exact) mass is 462 g/mol. The molecule has 1 aliphatic rings. The van der Waals surface area contributed by atoms with Crippen molar-refractivity contribution in [2.75, 3.05) is 13.1 Å². The fraction of sp³-hybridized carbons (Fsp3) is 0.214. The molecule has 3 aromatic carbocycles. The van der Waals surface area contributed by atoms with E-state index in [0.717, 1.165) is 33.4 Å². The second-order valence-electron chi connectivity index (χ2n) is 8.64. The summed E-state index contributed by atoms with van der Waals surface area (Å²) in [6.45, 7) is 4.01. The molecule has 4 aromatic rings. The van der Waals surface area contributed by atoms with E-state index in [1.807, 2.05) is 30.3 Å². The van der Waals surface area contributed by atoms with Gasteiger partial charge in [-0.1, -0.05) is 24.3 Å². The molecule has 1 aromatic heterocycles. The highest BCUT2D eigenvalue weighted by Gasteiger charge is 2.35. The summed E-state index contributed by atoms with van der Waals surface area (Å²) in [5.74, 6) is -2.49. The third-order valence-corrected chi connectivity index (χ3v) is 6.32. The van der Waals surface area contributed by atoms with Crippen LogP contribution in [0.5, 0.6) is 0 Å². The Kier molecular flexibility index (Phi) is 5.68. The van der Waals surface area contributed by atoms with Crippen LogP contribution in [-0.2, 0) is 6.42 Å². The number of halogens is 3. The fourth-order valence-corrected chi connectivity index (χ4v) is 4.36. The first-order valence-electron chi connectivity index (χ1n) is 11.2. The normalized spacial score (nSPS) is 15.6. The zero-order valence-electron chi connectivity index (χ0n) is 18.5. The number of furan rings is 1. The van der Waals surface area contributed by atoms with E-state index >= 15 is 0 Å². The van der Waals surface area contributed by atoms with Crippen molar-refractivity contribution in [2.24, 2.45) is 0 Å². The number of alkyl halides is 2. The first-order valence-corrected chi connectivity index (χ1v) is 11.2. The van der Waals surface area contributed by atoms with E-state index in [1.165, 1.54) is 17.0 Å². The van der Waals surface area contributed by atoms with Crippen LogP contribution in [0.1, 0.15) is 29.0 Å². The molecule has 6 heteroatoms. The zero-order valence-corrected chi connectivity index (χ0v) is 18.5. The number of fused-ring (bicyclic) bond motifs is 1. The van der Waals surface area contributed by atoms with Gasteiger partial charge in [0.1, 0.15) is 17.2 Å². The van der Waals surface area contributed by atoms with Crippen molar-refractivity contribution >= 4 is 16.9 Å². The van der Waals surface area contributed by atoms with E-state index in [1.54, 1.807) is 24.3 Å². The van der Waals surface area contributed by atoms with E-state index in [-0.39, 0.29) is 37.7 Å². The Morgan fingerprint density at radius 2 is 1.56 bits per heavy atom. The largest absolute Gasteiger partial charge is 0.460 e. The van der Waals surface area contributed by atoms with Crippen LogP contribution in [-0.4, -0.2) is 29.8 Å². The Hall–Kier alpha value is -3.54. The molecule has 3 nitrogen and oxygen atoms in total. The fourth-order valence-electron chi connectivity index (χ4n) is 4.36. The maximum atomic E-state index is 13.5. The number of rotatable bonds is 4. The SMILES string of the molecule is [CH2]Cc1cc2cc(-c3ccc(C(=O)N4CCC(F)(F)CC4)cc3)cc(-c3ccc(F)cc3)c2o1. The van der Waals surface area contributed by atoms with E-state index < -0.39 is 5.92 Å². The summed E-state index contributed by atoms with van der Waals surface area (Å²) in [5.41, 5.74) is 4.65. The van der Waals surface area contributed by atoms with Gasteiger partial charge in [0.2, 0.25) is 0 Å². The van der Waals surface area contributed by atoms with Gasteiger partial charge in [0.15, 0.2) is 0 Å². The first-order chi connectivity index (χ1) is 16.3. The van der Waals surface area contributed by atoms with Gasteiger partial charge in [0.05, 0.1) is 0 Å². The van der Waals surface area contributed by atoms with Crippen molar-refractivity contribution in [1.29, 1.82) is 0 Å². The van der Waals surface area contributed by atoms with Gasteiger partial charge in [-0.3, -0.25) is 4.79 Å². The highest BCUT2D eigenvalue weighted by Crippen LogP contribution is 2.36. The number of carbonyl (C=O) groups excluding carboxylic acids is 1. The number of hydrogen-bond donors (Lipinski definition) is 0. The summed E-state index contributed by atoms with van der Waals surface area (Å²) in [5, 5.41) is 0.907. The highest BCUT2D eigenvalue weighted by molar-refractivity contribution is 5.98. The molecule has 1 fully saturated rings. The molecule has 0 unspecified atom stereocenters. The minimum Gasteiger partial charge on any atom is -0.460 e. The average Bonchev–Trinajstić information content (AvgIpc) is 3.27. The zero-order chi connectivity index (χ0) is 23.9. The molecule has 0 spiro atoms. The highest BCUT2D eigenvalue weighted by atomic mass is 19.3. The smallest absolute Gasteiger partial charge is 0.253 e. The Morgan fingerprint density at radius 3 is 2.21 bits per heavy atom. The minimum absolute atomic E-state index is 0.0559. The minimum atomic E-state index is -2.69. The van der Waals surface area contributed by atoms with Crippen molar-refractivity contribution in [3.05, 3.63) is 90.8 Å². The van der Waals surface area contributed by atoms with Crippen molar-refractivity contribution in [3.63, 3.8) is 0 Å². The standard InChI is InChI=1S/C28H23F3NO2/c1-2-24-16-22-15-21(17-25(26(22)34-24)19-7-9-23(29)10-8-19)18-3-5-20(6-4-18)27(33)32-13-11-28(30,31)12-14-32/h3-10,15-17H,1-2,11-14H2. The van der Waals surface area contributed by atoms with Gasteiger partial charge in [-0.05, 0) is 66.1 Å². The Labute approximate surface area is 195 Å². The number of carbonyl (C=O) groups is 1. The van der Waals surface area contributed by atoms with Crippen LogP contribution in [0.4, 0.5) is 13.2 Å². The molecule has 0 atom stereocenters. The molecular weight excluding hydrogens is 439 g/mol. The molecule has 34 heavy (non-hydrogen) atoms. The molecule has 0 N–H and O–H groups in total. The van der Waals surface area contributed by atoms with Crippen LogP contribution in [0.25, 0.3) is 33.2 Å². The Balaban J connectivity index is 1.48. The molecular formula is C28H23F3NO2. The Morgan fingerprint density at radius 1 is 0.912 bits per heavy atom. The summed E-state index contributed by atoms with van der Waals surface area (Å²) in [4.78, 5) is 14.3. The molecule has 0 saturated carbocycles. The van der Waals surface area contributed by atoms with E-state index in [4.69, 9.17) is 4.42 Å². The molecule has 5 rings (SSSR count). The number of piperidine rings is 1. The topological polar surface area (TPSA) is 33.5 Å². The third-order valence-electron chi connectivity index (χ3n) is 6.32. The van der Waals surface area contributed by atoms with Crippen molar-refractivity contribution in [3.8, 4) is 22.3 Å². The van der Waals surface area contributed by atoms with Gasteiger partial charge in [-0.15, -0.1) is 0 Å². The van der Waals surface area contributed by atoms with Gasteiger partial charge in [0, 0.05) is 48.9 Å². The summed E-state index contributed by atoms with van der Waals surface area (Å²) in [6, 6.07) is 19.3. The Bertz CT molecular complexity index is 1330. The van der Waals surface area contributed by atoms with Gasteiger partial charge < -0.3 is 9.32 Å². The molecule has 2 heterocycles. The van der Waals surface area contributed by atoms with Gasteiger partial charge in [-0.2, -0.15) is 0 Å². The lowest BCUT2D eigenvalue weighted by Crippen LogP contribution is -2.42. The van der Waals surface area contributed by atoms with E-state index in [0.29, 0.717) is 17.6 Å². The number of benzene rings is 3. The van der Waals surface area contributed by atoms with E-state index in [9.17, 15) is 18.0 Å². The lowest BCUT2D eigenvalue weighted by atomic mass is 9.96. The third kappa shape index (κ3) is 4.32. The number of hydrogen-bond acceptors (Lipinski definition) is 2. The van der Waals surface area contributed by atoms with Crippen LogP contribution >= 0.6 is 0 Å². The summed E-state index contributed by atoms with van der Waals surface area (Å²) >= 11 is 0. The summed E-state index contributed by atoms with van der Waals surface area (Å²) in [6.07, 6.45) is -0.0992. The molecule has 0 aliphatic carbocycles. The molecule has 1 aliphatic heterocycles. The van der Waals surface area contributed by atoms with Crippen LogP contribution in [0.3, 0.4) is 0 Å². The molecule has 1 saturated heterocycles. The molecule has 1 amide bonds. The van der Waals surface area contributed by atoms with Gasteiger partial charge >= 0.3 is 0 Å². The number of likely N-dealkylation sites (tertiary alicyclic amines) is 1. The second-order valence-corrected chi connectivity index (χ2v) is 8.64. The van der Waals surface area contributed by atoms with Crippen molar-refractivity contribution in [1.82, 2.24) is 4.90 Å². The predicted octanol–water partition coefficient (Wildman–Crippen LogP) is 7.15. The first kappa shape index (κ1) is 22.3. The maximum absolute atomic E-state index is 13.5. The number of amides is 1. The van der Waals surface area contributed by atoms with Crippen LogP contribution in [0, 0.1) is 12.7 Å². The van der Waals surface area contributed by atoms with Crippen LogP contribution in [0.15, 0.2) is 71.1 Å². The second kappa shape index (κ2) is 8.67. The molecule has 173 valence electrons. The van der Waals surface area contributed by atoms with Crippen LogP contribution < -0.4 is 0 Å². The quantitative estimate of drug-likeness (QED) is 0.323. The van der Waals surface area contributed by atoms with Crippen molar-refractivity contribution in [2.45, 2.75) is 25.2 Å². The predicted molar refractivity (Wildman–Crippen MR) is 126 cm³/mol. The lowest BCUT2D eigenvalue weighted by Gasteiger charge is -2.31. The molecule has 1 radical (unpaired) electrons.